The number of esters is 1. The van der Waals surface area contributed by atoms with Gasteiger partial charge in [0, 0.05) is 6.20 Å². The van der Waals surface area contributed by atoms with Crippen molar-refractivity contribution >= 4 is 21.9 Å². The number of pyridine rings is 1. The highest BCUT2D eigenvalue weighted by Crippen LogP contribution is 2.12. The molecule has 0 aliphatic carbocycles. The van der Waals surface area contributed by atoms with Crippen LogP contribution in [0.3, 0.4) is 0 Å². The molecule has 0 saturated carbocycles. The normalized spacial score (nSPS) is 12.6. The molecule has 0 saturated heterocycles. The summed E-state index contributed by atoms with van der Waals surface area (Å²) in [7, 11) is 0. The molecule has 0 fully saturated rings. The molecule has 0 spiro atoms. The van der Waals surface area contributed by atoms with Gasteiger partial charge in [0.25, 0.3) is 0 Å². The Morgan fingerprint density at radius 3 is 2.67 bits per heavy atom. The van der Waals surface area contributed by atoms with Gasteiger partial charge >= 0.3 is 5.97 Å². The molecule has 0 aliphatic rings. The monoisotopic (exact) mass is 271 g/mol. The highest BCUT2D eigenvalue weighted by Gasteiger charge is 2.14. The quantitative estimate of drug-likeness (QED) is 0.627. The number of carbonyl (C=O) groups excluding carboxylic acids is 1. The van der Waals surface area contributed by atoms with Gasteiger partial charge in [0.2, 0.25) is 0 Å². The first-order valence-electron chi connectivity index (χ1n) is 4.83. The molecule has 0 bridgehead atoms. The molecule has 0 amide bonds. The number of aromatic nitrogens is 1. The summed E-state index contributed by atoms with van der Waals surface area (Å²) in [5.74, 6) is 0.0125. The van der Waals surface area contributed by atoms with Crippen LogP contribution in [0, 0.1) is 5.92 Å². The number of halogens is 1. The summed E-state index contributed by atoms with van der Waals surface area (Å²) < 4.78 is 5.90. The Morgan fingerprint density at radius 2 is 2.13 bits per heavy atom. The molecule has 1 aromatic heterocycles. The molecular weight excluding hydrogens is 258 g/mol. The van der Waals surface area contributed by atoms with Gasteiger partial charge in [-0.05, 0) is 40.9 Å². The molecule has 0 aliphatic heterocycles. The predicted molar refractivity (Wildman–Crippen MR) is 61.7 cm³/mol. The zero-order valence-corrected chi connectivity index (χ0v) is 10.6. The van der Waals surface area contributed by atoms with Crippen molar-refractivity contribution in [2.24, 2.45) is 5.92 Å². The second-order valence-corrected chi connectivity index (χ2v) is 4.53. The SMILES string of the molecule is CC(C)C(C)OC(=O)c1ccnc(Br)c1. The lowest BCUT2D eigenvalue weighted by molar-refractivity contribution is 0.0238. The molecule has 3 nitrogen and oxygen atoms in total. The zero-order chi connectivity index (χ0) is 11.4. The number of carbonyl (C=O) groups is 1. The van der Waals surface area contributed by atoms with Crippen LogP contribution in [0.4, 0.5) is 0 Å². The van der Waals surface area contributed by atoms with Gasteiger partial charge in [-0.1, -0.05) is 13.8 Å². The fourth-order valence-electron chi connectivity index (χ4n) is 0.902. The second-order valence-electron chi connectivity index (χ2n) is 3.72. The van der Waals surface area contributed by atoms with Gasteiger partial charge < -0.3 is 4.74 Å². The van der Waals surface area contributed by atoms with Crippen molar-refractivity contribution in [3.8, 4) is 0 Å². The topological polar surface area (TPSA) is 39.2 Å². The van der Waals surface area contributed by atoms with Crippen LogP contribution in [-0.4, -0.2) is 17.1 Å². The third-order valence-corrected chi connectivity index (χ3v) is 2.63. The third kappa shape index (κ3) is 3.63. The van der Waals surface area contributed by atoms with Crippen LogP contribution < -0.4 is 0 Å². The highest BCUT2D eigenvalue weighted by molar-refractivity contribution is 9.10. The summed E-state index contributed by atoms with van der Waals surface area (Å²) in [6, 6.07) is 3.29. The molecule has 0 radical (unpaired) electrons. The van der Waals surface area contributed by atoms with Gasteiger partial charge in [-0.15, -0.1) is 0 Å². The molecule has 4 heteroatoms. The van der Waals surface area contributed by atoms with Crippen molar-refractivity contribution in [1.29, 1.82) is 0 Å². The maximum atomic E-state index is 11.6. The average Bonchev–Trinajstić information content (AvgIpc) is 2.17. The minimum atomic E-state index is -0.306. The van der Waals surface area contributed by atoms with Crippen LogP contribution in [0.15, 0.2) is 22.9 Å². The van der Waals surface area contributed by atoms with E-state index in [2.05, 4.69) is 20.9 Å². The van der Waals surface area contributed by atoms with E-state index in [9.17, 15) is 4.79 Å². The Hall–Kier alpha value is -0.900. The van der Waals surface area contributed by atoms with Gasteiger partial charge in [-0.2, -0.15) is 0 Å². The zero-order valence-electron chi connectivity index (χ0n) is 9.03. The minimum absolute atomic E-state index is 0.0792. The van der Waals surface area contributed by atoms with Crippen molar-refractivity contribution in [3.63, 3.8) is 0 Å². The van der Waals surface area contributed by atoms with Crippen LogP contribution in [0.5, 0.6) is 0 Å². The Kier molecular flexibility index (Phi) is 4.27. The van der Waals surface area contributed by atoms with Crippen molar-refractivity contribution in [1.82, 2.24) is 4.98 Å². The third-order valence-electron chi connectivity index (χ3n) is 2.19. The van der Waals surface area contributed by atoms with Crippen LogP contribution in [0.2, 0.25) is 0 Å². The largest absolute Gasteiger partial charge is 0.459 e. The Balaban J connectivity index is 2.69. The van der Waals surface area contributed by atoms with Crippen LogP contribution in [0.25, 0.3) is 0 Å². The smallest absolute Gasteiger partial charge is 0.338 e. The molecular formula is C11H14BrNO2. The molecule has 82 valence electrons. The van der Waals surface area contributed by atoms with E-state index in [-0.39, 0.29) is 12.1 Å². The van der Waals surface area contributed by atoms with Crippen LogP contribution in [-0.2, 0) is 4.74 Å². The van der Waals surface area contributed by atoms with Crippen LogP contribution in [0.1, 0.15) is 31.1 Å². The molecule has 15 heavy (non-hydrogen) atoms. The molecule has 1 heterocycles. The average molecular weight is 272 g/mol. The molecule has 1 unspecified atom stereocenters. The van der Waals surface area contributed by atoms with E-state index in [0.717, 1.165) is 0 Å². The standard InChI is InChI=1S/C11H14BrNO2/c1-7(2)8(3)15-11(14)9-4-5-13-10(12)6-9/h4-8H,1-3H3. The maximum Gasteiger partial charge on any atom is 0.338 e. The summed E-state index contributed by atoms with van der Waals surface area (Å²) >= 11 is 3.21. The van der Waals surface area contributed by atoms with E-state index in [1.807, 2.05) is 20.8 Å². The number of hydrogen-bond donors (Lipinski definition) is 0. The number of hydrogen-bond acceptors (Lipinski definition) is 3. The van der Waals surface area contributed by atoms with Crippen LogP contribution >= 0.6 is 15.9 Å². The second kappa shape index (κ2) is 5.26. The minimum Gasteiger partial charge on any atom is -0.459 e. The number of rotatable bonds is 3. The lowest BCUT2D eigenvalue weighted by atomic mass is 10.1. The fraction of sp³-hybridized carbons (Fsp3) is 0.455. The highest BCUT2D eigenvalue weighted by atomic mass is 79.9. The van der Waals surface area contributed by atoms with Crippen molar-refractivity contribution < 1.29 is 9.53 Å². The summed E-state index contributed by atoms with van der Waals surface area (Å²) in [6.07, 6.45) is 1.49. The molecule has 0 N–H and O–H groups in total. The number of nitrogens with zero attached hydrogens (tertiary/aromatic N) is 1. The fourth-order valence-corrected chi connectivity index (χ4v) is 1.27. The van der Waals surface area contributed by atoms with Gasteiger partial charge in [0.1, 0.15) is 10.7 Å². The van der Waals surface area contributed by atoms with E-state index >= 15 is 0 Å². The van der Waals surface area contributed by atoms with E-state index in [0.29, 0.717) is 16.1 Å². The van der Waals surface area contributed by atoms with Gasteiger partial charge in [-0.25, -0.2) is 9.78 Å². The first-order valence-corrected chi connectivity index (χ1v) is 5.62. The molecule has 0 aromatic carbocycles. The lowest BCUT2D eigenvalue weighted by Crippen LogP contribution is -2.20. The number of ether oxygens (including phenoxy) is 1. The Bertz CT molecular complexity index is 352. The first kappa shape index (κ1) is 12.2. The Morgan fingerprint density at radius 1 is 1.47 bits per heavy atom. The van der Waals surface area contributed by atoms with Crippen molar-refractivity contribution in [3.05, 3.63) is 28.5 Å². The van der Waals surface area contributed by atoms with E-state index < -0.39 is 0 Å². The lowest BCUT2D eigenvalue weighted by Gasteiger charge is -2.16. The molecule has 1 atom stereocenters. The van der Waals surface area contributed by atoms with Crippen molar-refractivity contribution in [2.75, 3.05) is 0 Å². The summed E-state index contributed by atoms with van der Waals surface area (Å²) in [5.41, 5.74) is 0.518. The molecule has 1 aromatic rings. The van der Waals surface area contributed by atoms with E-state index in [1.54, 1.807) is 18.3 Å². The predicted octanol–water partition coefficient (Wildman–Crippen LogP) is 3.05. The van der Waals surface area contributed by atoms with Gasteiger partial charge in [0.05, 0.1) is 5.56 Å². The first-order chi connectivity index (χ1) is 7.00. The van der Waals surface area contributed by atoms with E-state index in [1.165, 1.54) is 0 Å². The van der Waals surface area contributed by atoms with Gasteiger partial charge in [-0.3, -0.25) is 0 Å². The molecule has 1 rings (SSSR count). The summed E-state index contributed by atoms with van der Waals surface area (Å²) in [6.45, 7) is 5.92. The summed E-state index contributed by atoms with van der Waals surface area (Å²) in [4.78, 5) is 15.6. The van der Waals surface area contributed by atoms with E-state index in [4.69, 9.17) is 4.74 Å². The summed E-state index contributed by atoms with van der Waals surface area (Å²) in [5, 5.41) is 0. The van der Waals surface area contributed by atoms with Crippen molar-refractivity contribution in [2.45, 2.75) is 26.9 Å². The Labute approximate surface area is 98.0 Å². The maximum absolute atomic E-state index is 11.6. The van der Waals surface area contributed by atoms with Gasteiger partial charge in [0.15, 0.2) is 0 Å².